The van der Waals surface area contributed by atoms with E-state index in [0.717, 1.165) is 16.7 Å². The van der Waals surface area contributed by atoms with Crippen molar-refractivity contribution in [1.29, 1.82) is 0 Å². The number of hydrogen-bond acceptors (Lipinski definition) is 3. The predicted molar refractivity (Wildman–Crippen MR) is 104 cm³/mol. The third-order valence-electron chi connectivity index (χ3n) is 4.83. The van der Waals surface area contributed by atoms with E-state index in [4.69, 9.17) is 4.74 Å². The smallest absolute Gasteiger partial charge is 0.218 e. The molecule has 0 radical (unpaired) electrons. The summed E-state index contributed by atoms with van der Waals surface area (Å²) in [6, 6.07) is 17.8. The number of ether oxygens (including phenoxy) is 1. The topological polar surface area (TPSA) is 46.6 Å². The number of morpholine rings is 1. The molecular formula is C21H27NO3S. The van der Waals surface area contributed by atoms with Gasteiger partial charge in [-0.2, -0.15) is 4.31 Å². The summed E-state index contributed by atoms with van der Waals surface area (Å²) in [6.45, 7) is 6.64. The lowest BCUT2D eigenvalue weighted by Gasteiger charge is -2.44. The summed E-state index contributed by atoms with van der Waals surface area (Å²) in [7, 11) is -3.43. The Balaban J connectivity index is 1.77. The number of sulfonamides is 1. The Bertz CT molecular complexity index is 829. The lowest BCUT2D eigenvalue weighted by molar-refractivity contribution is -0.0629. The van der Waals surface area contributed by atoms with E-state index in [1.807, 2.05) is 75.4 Å². The lowest BCUT2D eigenvalue weighted by Crippen LogP contribution is -2.58. The lowest BCUT2D eigenvalue weighted by atomic mass is 10.0. The largest absolute Gasteiger partial charge is 0.375 e. The molecule has 1 aliphatic heterocycles. The van der Waals surface area contributed by atoms with E-state index < -0.39 is 15.6 Å². The van der Waals surface area contributed by atoms with Crippen LogP contribution in [-0.2, 0) is 26.9 Å². The summed E-state index contributed by atoms with van der Waals surface area (Å²) in [4.78, 5) is 0. The molecule has 140 valence electrons. The van der Waals surface area contributed by atoms with Crippen molar-refractivity contribution < 1.29 is 13.2 Å². The summed E-state index contributed by atoms with van der Waals surface area (Å²) < 4.78 is 33.9. The minimum atomic E-state index is -3.43. The van der Waals surface area contributed by atoms with Gasteiger partial charge in [0.05, 0.1) is 24.0 Å². The van der Waals surface area contributed by atoms with Crippen molar-refractivity contribution in [3.8, 4) is 0 Å². The number of rotatable bonds is 5. The first-order valence-electron chi connectivity index (χ1n) is 8.98. The first-order valence-corrected chi connectivity index (χ1v) is 10.6. The molecule has 26 heavy (non-hydrogen) atoms. The minimum absolute atomic E-state index is 0.0226. The molecule has 4 nitrogen and oxygen atoms in total. The van der Waals surface area contributed by atoms with Gasteiger partial charge in [-0.15, -0.1) is 0 Å². The van der Waals surface area contributed by atoms with Crippen molar-refractivity contribution in [2.75, 3.05) is 13.2 Å². The molecule has 3 rings (SSSR count). The van der Waals surface area contributed by atoms with E-state index in [-0.39, 0.29) is 11.9 Å². The molecule has 0 N–H and O–H groups in total. The van der Waals surface area contributed by atoms with Crippen LogP contribution < -0.4 is 0 Å². The molecule has 1 aliphatic rings. The first kappa shape index (κ1) is 19.1. The van der Waals surface area contributed by atoms with Gasteiger partial charge in [0.1, 0.15) is 0 Å². The molecule has 0 aromatic heterocycles. The van der Waals surface area contributed by atoms with Crippen LogP contribution in [0.4, 0.5) is 0 Å². The highest BCUT2D eigenvalue weighted by atomic mass is 32.2. The summed E-state index contributed by atoms with van der Waals surface area (Å²) in [6.07, 6.45) is 0.589. The van der Waals surface area contributed by atoms with Gasteiger partial charge in [-0.25, -0.2) is 8.42 Å². The van der Waals surface area contributed by atoms with E-state index in [2.05, 4.69) is 0 Å². The minimum Gasteiger partial charge on any atom is -0.375 e. The molecule has 1 heterocycles. The average molecular weight is 374 g/mol. The van der Waals surface area contributed by atoms with Crippen molar-refractivity contribution in [2.24, 2.45) is 0 Å². The number of aryl methyl sites for hydroxylation is 1. The van der Waals surface area contributed by atoms with Gasteiger partial charge in [0.2, 0.25) is 10.0 Å². The van der Waals surface area contributed by atoms with E-state index in [0.29, 0.717) is 19.6 Å². The third kappa shape index (κ3) is 4.53. The van der Waals surface area contributed by atoms with Crippen LogP contribution in [0.15, 0.2) is 54.6 Å². The van der Waals surface area contributed by atoms with Crippen LogP contribution in [-0.4, -0.2) is 37.5 Å². The van der Waals surface area contributed by atoms with Crippen LogP contribution >= 0.6 is 0 Å². The molecule has 1 saturated heterocycles. The number of benzene rings is 2. The van der Waals surface area contributed by atoms with Crippen molar-refractivity contribution in [2.45, 2.75) is 44.6 Å². The van der Waals surface area contributed by atoms with E-state index in [1.165, 1.54) is 0 Å². The number of nitrogens with zero attached hydrogens (tertiary/aromatic N) is 1. The molecule has 0 bridgehead atoms. The van der Waals surface area contributed by atoms with Crippen LogP contribution in [0, 0.1) is 6.92 Å². The van der Waals surface area contributed by atoms with Gasteiger partial charge >= 0.3 is 0 Å². The molecule has 0 amide bonds. The maximum absolute atomic E-state index is 13.1. The molecule has 2 aromatic rings. The zero-order valence-electron chi connectivity index (χ0n) is 15.7. The molecule has 0 aliphatic carbocycles. The third-order valence-corrected chi connectivity index (χ3v) is 6.84. The van der Waals surface area contributed by atoms with Crippen molar-refractivity contribution in [1.82, 2.24) is 4.31 Å². The van der Waals surface area contributed by atoms with Gasteiger partial charge < -0.3 is 4.74 Å². The van der Waals surface area contributed by atoms with Crippen LogP contribution in [0.2, 0.25) is 0 Å². The Kier molecular flexibility index (Phi) is 5.51. The highest BCUT2D eigenvalue weighted by Crippen LogP contribution is 2.28. The Hall–Kier alpha value is -1.69. The van der Waals surface area contributed by atoms with Gasteiger partial charge in [0.15, 0.2) is 0 Å². The summed E-state index contributed by atoms with van der Waals surface area (Å²) in [5.41, 5.74) is 2.56. The SMILES string of the molecule is Cc1ccc(CS(=O)(=O)N2CC(Cc3ccccc3)OCC2(C)C)cc1. The van der Waals surface area contributed by atoms with Crippen LogP contribution in [0.3, 0.4) is 0 Å². The fourth-order valence-corrected chi connectivity index (χ4v) is 5.31. The quantitative estimate of drug-likeness (QED) is 0.805. The fraction of sp³-hybridized carbons (Fsp3) is 0.429. The van der Waals surface area contributed by atoms with Crippen molar-refractivity contribution in [3.63, 3.8) is 0 Å². The highest BCUT2D eigenvalue weighted by Gasteiger charge is 2.42. The van der Waals surface area contributed by atoms with Gasteiger partial charge in [-0.3, -0.25) is 0 Å². The van der Waals surface area contributed by atoms with Crippen LogP contribution in [0.5, 0.6) is 0 Å². The first-order chi connectivity index (χ1) is 12.3. The standard InChI is InChI=1S/C21H27NO3S/c1-17-9-11-19(12-10-17)15-26(23,24)22-14-20(25-16-21(22,2)3)13-18-7-5-4-6-8-18/h4-12,20H,13-16H2,1-3H3. The molecule has 1 unspecified atom stereocenters. The molecule has 5 heteroatoms. The summed E-state index contributed by atoms with van der Waals surface area (Å²) >= 11 is 0. The van der Waals surface area contributed by atoms with E-state index in [1.54, 1.807) is 4.31 Å². The monoisotopic (exact) mass is 373 g/mol. The van der Waals surface area contributed by atoms with Crippen molar-refractivity contribution >= 4 is 10.0 Å². The molecule has 2 aromatic carbocycles. The zero-order valence-corrected chi connectivity index (χ0v) is 16.5. The van der Waals surface area contributed by atoms with E-state index in [9.17, 15) is 8.42 Å². The Labute approximate surface area is 156 Å². The van der Waals surface area contributed by atoms with Gasteiger partial charge in [0.25, 0.3) is 0 Å². The Morgan fingerprint density at radius 3 is 2.35 bits per heavy atom. The van der Waals surface area contributed by atoms with Crippen molar-refractivity contribution in [3.05, 3.63) is 71.3 Å². The van der Waals surface area contributed by atoms with Gasteiger partial charge in [0, 0.05) is 6.54 Å². The molecule has 0 spiro atoms. The molecule has 1 fully saturated rings. The van der Waals surface area contributed by atoms with Gasteiger partial charge in [-0.1, -0.05) is 60.2 Å². The second-order valence-electron chi connectivity index (χ2n) is 7.71. The highest BCUT2D eigenvalue weighted by molar-refractivity contribution is 7.88. The predicted octanol–water partition coefficient (Wildman–Crippen LogP) is 3.55. The maximum atomic E-state index is 13.1. The van der Waals surface area contributed by atoms with Crippen LogP contribution in [0.1, 0.15) is 30.5 Å². The molecule has 1 atom stereocenters. The van der Waals surface area contributed by atoms with Gasteiger partial charge in [-0.05, 0) is 38.3 Å². The average Bonchev–Trinajstić information content (AvgIpc) is 2.59. The Morgan fingerprint density at radius 2 is 1.69 bits per heavy atom. The van der Waals surface area contributed by atoms with E-state index >= 15 is 0 Å². The fourth-order valence-electron chi connectivity index (χ4n) is 3.34. The second-order valence-corrected chi connectivity index (χ2v) is 9.60. The summed E-state index contributed by atoms with van der Waals surface area (Å²) in [5.74, 6) is 0.0226. The molecule has 0 saturated carbocycles. The summed E-state index contributed by atoms with van der Waals surface area (Å²) in [5, 5.41) is 0. The Morgan fingerprint density at radius 1 is 1.04 bits per heavy atom. The zero-order chi connectivity index (χ0) is 18.8. The second kappa shape index (κ2) is 7.51. The maximum Gasteiger partial charge on any atom is 0.218 e. The van der Waals surface area contributed by atoms with Crippen LogP contribution in [0.25, 0.3) is 0 Å². The number of hydrogen-bond donors (Lipinski definition) is 0. The normalized spacial score (nSPS) is 20.8. The molecular weight excluding hydrogens is 346 g/mol.